The van der Waals surface area contributed by atoms with Gasteiger partial charge in [0.15, 0.2) is 5.65 Å². The molecule has 2 aromatic carbocycles. The van der Waals surface area contributed by atoms with Crippen LogP contribution in [-0.2, 0) is 6.42 Å². The highest BCUT2D eigenvalue weighted by molar-refractivity contribution is 6.13. The summed E-state index contributed by atoms with van der Waals surface area (Å²) < 4.78 is 1.89. The van der Waals surface area contributed by atoms with Crippen LogP contribution < -0.4 is 5.32 Å². The first kappa shape index (κ1) is 18.6. The summed E-state index contributed by atoms with van der Waals surface area (Å²) in [6.45, 7) is 4.09. The van der Waals surface area contributed by atoms with Crippen molar-refractivity contribution in [3.63, 3.8) is 0 Å². The Hall–Kier alpha value is -3.47. The number of aryl methyl sites for hydroxylation is 2. The lowest BCUT2D eigenvalue weighted by Gasteiger charge is -2.10. The van der Waals surface area contributed by atoms with E-state index in [4.69, 9.17) is 10.1 Å². The SMILES string of the molecule is CCc1cc(C(=O)Nc2ccc(C)cc2)c2c(C3CC3)nn(-c3ccccc3)c2n1. The van der Waals surface area contributed by atoms with Gasteiger partial charge in [0.25, 0.3) is 5.91 Å². The molecule has 0 saturated heterocycles. The van der Waals surface area contributed by atoms with E-state index in [2.05, 4.69) is 12.2 Å². The number of carbonyl (C=O) groups excluding carboxylic acids is 1. The molecule has 0 aliphatic heterocycles. The summed E-state index contributed by atoms with van der Waals surface area (Å²) in [5.74, 6) is 0.285. The Labute approximate surface area is 175 Å². The quantitative estimate of drug-likeness (QED) is 0.490. The van der Waals surface area contributed by atoms with Crippen molar-refractivity contribution in [2.45, 2.75) is 39.0 Å². The van der Waals surface area contributed by atoms with Crippen molar-refractivity contribution in [3.8, 4) is 5.69 Å². The second-order valence-corrected chi connectivity index (χ2v) is 7.94. The molecule has 0 bridgehead atoms. The number of para-hydroxylation sites is 1. The summed E-state index contributed by atoms with van der Waals surface area (Å²) in [6.07, 6.45) is 2.96. The smallest absolute Gasteiger partial charge is 0.256 e. The normalized spacial score (nSPS) is 13.5. The van der Waals surface area contributed by atoms with Crippen LogP contribution >= 0.6 is 0 Å². The third-order valence-electron chi connectivity index (χ3n) is 5.60. The summed E-state index contributed by atoms with van der Waals surface area (Å²) in [7, 11) is 0. The zero-order valence-electron chi connectivity index (χ0n) is 17.2. The van der Waals surface area contributed by atoms with Crippen LogP contribution in [0.3, 0.4) is 0 Å². The topological polar surface area (TPSA) is 59.8 Å². The van der Waals surface area contributed by atoms with Gasteiger partial charge in [0.2, 0.25) is 0 Å². The summed E-state index contributed by atoms with van der Waals surface area (Å²) in [4.78, 5) is 18.2. The third kappa shape index (κ3) is 3.36. The van der Waals surface area contributed by atoms with Crippen LogP contribution in [0.1, 0.15) is 53.0 Å². The average molecular weight is 396 g/mol. The minimum absolute atomic E-state index is 0.115. The lowest BCUT2D eigenvalue weighted by atomic mass is 10.1. The lowest BCUT2D eigenvalue weighted by Crippen LogP contribution is -2.14. The van der Waals surface area contributed by atoms with Gasteiger partial charge in [-0.15, -0.1) is 0 Å². The Morgan fingerprint density at radius 1 is 1.10 bits per heavy atom. The maximum Gasteiger partial charge on any atom is 0.256 e. The highest BCUT2D eigenvalue weighted by atomic mass is 16.1. The molecule has 5 nitrogen and oxygen atoms in total. The zero-order chi connectivity index (χ0) is 20.7. The van der Waals surface area contributed by atoms with E-state index < -0.39 is 0 Å². The van der Waals surface area contributed by atoms with E-state index >= 15 is 0 Å². The average Bonchev–Trinajstić information content (AvgIpc) is 3.55. The Morgan fingerprint density at radius 2 is 1.83 bits per heavy atom. The van der Waals surface area contributed by atoms with Crippen molar-refractivity contribution >= 4 is 22.6 Å². The number of pyridine rings is 1. The maximum absolute atomic E-state index is 13.3. The van der Waals surface area contributed by atoms with E-state index in [9.17, 15) is 4.79 Å². The van der Waals surface area contributed by atoms with E-state index in [1.165, 1.54) is 0 Å². The molecule has 4 aromatic rings. The van der Waals surface area contributed by atoms with E-state index in [0.717, 1.165) is 58.6 Å². The molecule has 5 rings (SSSR count). The van der Waals surface area contributed by atoms with Crippen LogP contribution in [0.2, 0.25) is 0 Å². The lowest BCUT2D eigenvalue weighted by molar-refractivity contribution is 0.102. The molecule has 2 aromatic heterocycles. The zero-order valence-corrected chi connectivity index (χ0v) is 17.2. The molecule has 1 saturated carbocycles. The standard InChI is InChI=1S/C25H24N4O/c1-3-18-15-21(25(30)27-19-13-9-16(2)10-14-19)22-23(17-11-12-17)28-29(24(22)26-18)20-7-5-4-6-8-20/h4-10,13-15,17H,3,11-12H2,1-2H3,(H,27,30). The highest BCUT2D eigenvalue weighted by Gasteiger charge is 2.32. The number of aromatic nitrogens is 3. The number of hydrogen-bond acceptors (Lipinski definition) is 3. The van der Waals surface area contributed by atoms with Crippen molar-refractivity contribution in [3.05, 3.63) is 83.2 Å². The molecular formula is C25H24N4O. The third-order valence-corrected chi connectivity index (χ3v) is 5.60. The highest BCUT2D eigenvalue weighted by Crippen LogP contribution is 2.43. The molecule has 1 N–H and O–H groups in total. The van der Waals surface area contributed by atoms with Crippen LogP contribution in [0.4, 0.5) is 5.69 Å². The predicted molar refractivity (Wildman–Crippen MR) is 119 cm³/mol. The minimum atomic E-state index is -0.115. The van der Waals surface area contributed by atoms with Gasteiger partial charge in [-0.1, -0.05) is 42.8 Å². The van der Waals surface area contributed by atoms with Crippen molar-refractivity contribution < 1.29 is 4.79 Å². The predicted octanol–water partition coefficient (Wildman–Crippen LogP) is 5.42. The number of anilines is 1. The first-order valence-corrected chi connectivity index (χ1v) is 10.5. The van der Waals surface area contributed by atoms with E-state index in [1.807, 2.05) is 72.3 Å². The number of nitrogens with one attached hydrogen (secondary N) is 1. The van der Waals surface area contributed by atoms with Crippen molar-refractivity contribution in [1.82, 2.24) is 14.8 Å². The van der Waals surface area contributed by atoms with E-state index in [1.54, 1.807) is 0 Å². The summed E-state index contributed by atoms with van der Waals surface area (Å²) in [5.41, 5.74) is 6.19. The molecule has 0 atom stereocenters. The molecule has 0 radical (unpaired) electrons. The van der Waals surface area contributed by atoms with Crippen LogP contribution in [0.25, 0.3) is 16.7 Å². The van der Waals surface area contributed by atoms with Gasteiger partial charge in [-0.3, -0.25) is 4.79 Å². The van der Waals surface area contributed by atoms with Gasteiger partial charge in [0.1, 0.15) is 0 Å². The van der Waals surface area contributed by atoms with Crippen LogP contribution in [-0.4, -0.2) is 20.7 Å². The number of benzene rings is 2. The maximum atomic E-state index is 13.3. The van der Waals surface area contributed by atoms with E-state index in [0.29, 0.717) is 11.5 Å². The molecule has 1 aliphatic carbocycles. The molecule has 5 heteroatoms. The molecule has 150 valence electrons. The monoisotopic (exact) mass is 396 g/mol. The Balaban J connectivity index is 1.68. The van der Waals surface area contributed by atoms with Gasteiger partial charge in [-0.05, 0) is 56.5 Å². The fraction of sp³-hybridized carbons (Fsp3) is 0.240. The Morgan fingerprint density at radius 3 is 2.50 bits per heavy atom. The van der Waals surface area contributed by atoms with Gasteiger partial charge in [0.05, 0.1) is 22.3 Å². The van der Waals surface area contributed by atoms with Gasteiger partial charge in [0, 0.05) is 17.3 Å². The molecule has 0 spiro atoms. The van der Waals surface area contributed by atoms with Crippen molar-refractivity contribution in [2.75, 3.05) is 5.32 Å². The number of hydrogen-bond donors (Lipinski definition) is 1. The Bertz CT molecular complexity index is 1220. The van der Waals surface area contributed by atoms with Gasteiger partial charge in [-0.25, -0.2) is 9.67 Å². The molecular weight excluding hydrogens is 372 g/mol. The Kier molecular flexibility index (Phi) is 4.58. The molecule has 1 fully saturated rings. The van der Waals surface area contributed by atoms with Gasteiger partial charge < -0.3 is 5.32 Å². The molecule has 1 amide bonds. The second-order valence-electron chi connectivity index (χ2n) is 7.94. The van der Waals surface area contributed by atoms with Crippen LogP contribution in [0, 0.1) is 6.92 Å². The number of fused-ring (bicyclic) bond motifs is 1. The summed E-state index contributed by atoms with van der Waals surface area (Å²) in [5, 5.41) is 8.87. The molecule has 2 heterocycles. The fourth-order valence-corrected chi connectivity index (χ4v) is 3.78. The number of rotatable bonds is 5. The summed E-state index contributed by atoms with van der Waals surface area (Å²) >= 11 is 0. The number of carbonyl (C=O) groups is 1. The van der Waals surface area contributed by atoms with Gasteiger partial charge >= 0.3 is 0 Å². The minimum Gasteiger partial charge on any atom is -0.322 e. The second kappa shape index (κ2) is 7.41. The van der Waals surface area contributed by atoms with Crippen molar-refractivity contribution in [1.29, 1.82) is 0 Å². The first-order valence-electron chi connectivity index (χ1n) is 10.5. The number of amides is 1. The van der Waals surface area contributed by atoms with Crippen LogP contribution in [0.15, 0.2) is 60.7 Å². The largest absolute Gasteiger partial charge is 0.322 e. The summed E-state index contributed by atoms with van der Waals surface area (Å²) in [6, 6.07) is 19.8. The molecule has 1 aliphatic rings. The van der Waals surface area contributed by atoms with Crippen LogP contribution in [0.5, 0.6) is 0 Å². The van der Waals surface area contributed by atoms with Crippen molar-refractivity contribution in [2.24, 2.45) is 0 Å². The van der Waals surface area contributed by atoms with Gasteiger partial charge in [-0.2, -0.15) is 5.10 Å². The van der Waals surface area contributed by atoms with E-state index in [-0.39, 0.29) is 5.91 Å². The molecule has 0 unspecified atom stereocenters. The number of nitrogens with zero attached hydrogens (tertiary/aromatic N) is 3. The first-order chi connectivity index (χ1) is 14.6. The molecule has 30 heavy (non-hydrogen) atoms. The fourth-order valence-electron chi connectivity index (χ4n) is 3.78.